The van der Waals surface area contributed by atoms with E-state index < -0.39 is 0 Å². The van der Waals surface area contributed by atoms with Crippen LogP contribution in [-0.2, 0) is 0 Å². The molecule has 0 bridgehead atoms. The number of ether oxygens (including phenoxy) is 1. The Morgan fingerprint density at radius 3 is 2.52 bits per heavy atom. The van der Waals surface area contributed by atoms with Crippen molar-refractivity contribution in [2.24, 2.45) is 5.92 Å². The molecular weight excluding hydrogens is 408 g/mol. The Morgan fingerprint density at radius 2 is 1.85 bits per heavy atom. The fraction of sp³-hybridized carbons (Fsp3) is 0.333. The summed E-state index contributed by atoms with van der Waals surface area (Å²) in [5.74, 6) is 0.614. The van der Waals surface area contributed by atoms with E-state index in [1.54, 1.807) is 42.5 Å². The van der Waals surface area contributed by atoms with E-state index in [-0.39, 0.29) is 11.8 Å². The molecule has 0 atom stereocenters. The summed E-state index contributed by atoms with van der Waals surface area (Å²) in [5.41, 5.74) is 1.39. The Balaban J connectivity index is 2.13. The summed E-state index contributed by atoms with van der Waals surface area (Å²) in [4.78, 5) is 24.9. The van der Waals surface area contributed by atoms with Gasteiger partial charge in [0.15, 0.2) is 0 Å². The van der Waals surface area contributed by atoms with Gasteiger partial charge in [-0.1, -0.05) is 32.9 Å². The molecule has 0 aromatic heterocycles. The fourth-order valence-electron chi connectivity index (χ4n) is 2.33. The Kier molecular flexibility index (Phi) is 7.85. The summed E-state index contributed by atoms with van der Waals surface area (Å²) in [6.07, 6.45) is 0.847. The molecule has 27 heavy (non-hydrogen) atoms. The quantitative estimate of drug-likeness (QED) is 0.624. The molecule has 0 unspecified atom stereocenters. The van der Waals surface area contributed by atoms with E-state index in [0.29, 0.717) is 46.1 Å². The molecule has 0 aliphatic heterocycles. The number of amides is 2. The SMILES string of the molecule is CCCNC(=O)c1ccccc1NC(=O)c1ccc(OCC(C)C)c(Br)c1. The van der Waals surface area contributed by atoms with Crippen molar-refractivity contribution in [2.45, 2.75) is 27.2 Å². The van der Waals surface area contributed by atoms with Crippen molar-refractivity contribution in [2.75, 3.05) is 18.5 Å². The molecule has 2 N–H and O–H groups in total. The molecule has 2 aromatic rings. The van der Waals surface area contributed by atoms with E-state index in [1.807, 2.05) is 6.92 Å². The molecule has 6 heteroatoms. The van der Waals surface area contributed by atoms with Crippen LogP contribution in [0.15, 0.2) is 46.9 Å². The lowest BCUT2D eigenvalue weighted by atomic mass is 10.1. The predicted molar refractivity (Wildman–Crippen MR) is 111 cm³/mol. The van der Waals surface area contributed by atoms with Crippen LogP contribution in [0.25, 0.3) is 0 Å². The number of carbonyl (C=O) groups is 2. The average Bonchev–Trinajstić information content (AvgIpc) is 2.65. The molecule has 0 aliphatic rings. The fourth-order valence-corrected chi connectivity index (χ4v) is 2.83. The maximum atomic E-state index is 12.6. The highest BCUT2D eigenvalue weighted by molar-refractivity contribution is 9.10. The number of carbonyl (C=O) groups excluding carboxylic acids is 2. The van der Waals surface area contributed by atoms with Gasteiger partial charge in [-0.25, -0.2) is 0 Å². The summed E-state index contributed by atoms with van der Waals surface area (Å²) in [7, 11) is 0. The van der Waals surface area contributed by atoms with Gasteiger partial charge in [0.1, 0.15) is 5.75 Å². The Bertz CT molecular complexity index is 806. The molecule has 0 radical (unpaired) electrons. The smallest absolute Gasteiger partial charge is 0.255 e. The molecule has 2 amide bonds. The minimum Gasteiger partial charge on any atom is -0.492 e. The third-order valence-electron chi connectivity index (χ3n) is 3.72. The first-order valence-electron chi connectivity index (χ1n) is 9.03. The van der Waals surface area contributed by atoms with Crippen LogP contribution in [0.5, 0.6) is 5.75 Å². The molecule has 0 saturated heterocycles. The standard InChI is InChI=1S/C21H25BrN2O3/c1-4-11-23-21(26)16-7-5-6-8-18(16)24-20(25)15-9-10-19(17(22)12-15)27-13-14(2)3/h5-10,12,14H,4,11,13H2,1-3H3,(H,23,26)(H,24,25). The van der Waals surface area contributed by atoms with Crippen LogP contribution in [0, 0.1) is 5.92 Å². The second-order valence-electron chi connectivity index (χ2n) is 6.61. The van der Waals surface area contributed by atoms with Gasteiger partial charge in [-0.3, -0.25) is 9.59 Å². The first-order valence-corrected chi connectivity index (χ1v) is 9.82. The second-order valence-corrected chi connectivity index (χ2v) is 7.46. The number of nitrogens with one attached hydrogen (secondary N) is 2. The van der Waals surface area contributed by atoms with Gasteiger partial charge in [0.05, 0.1) is 22.3 Å². The maximum absolute atomic E-state index is 12.6. The molecule has 2 aromatic carbocycles. The van der Waals surface area contributed by atoms with Crippen LogP contribution < -0.4 is 15.4 Å². The van der Waals surface area contributed by atoms with Crippen molar-refractivity contribution in [3.05, 3.63) is 58.1 Å². The van der Waals surface area contributed by atoms with Crippen LogP contribution in [-0.4, -0.2) is 25.0 Å². The van der Waals surface area contributed by atoms with Crippen molar-refractivity contribution >= 4 is 33.4 Å². The summed E-state index contributed by atoms with van der Waals surface area (Å²) in [6, 6.07) is 12.1. The third kappa shape index (κ3) is 6.10. The largest absolute Gasteiger partial charge is 0.492 e. The number of anilines is 1. The molecule has 5 nitrogen and oxygen atoms in total. The van der Waals surface area contributed by atoms with Crippen molar-refractivity contribution in [3.63, 3.8) is 0 Å². The average molecular weight is 433 g/mol. The first-order chi connectivity index (χ1) is 12.9. The Morgan fingerprint density at radius 1 is 1.11 bits per heavy atom. The van der Waals surface area contributed by atoms with Crippen LogP contribution in [0.3, 0.4) is 0 Å². The molecule has 0 fully saturated rings. The number of hydrogen-bond donors (Lipinski definition) is 2. The van der Waals surface area contributed by atoms with Gasteiger partial charge >= 0.3 is 0 Å². The summed E-state index contributed by atoms with van der Waals surface area (Å²) in [6.45, 7) is 7.32. The highest BCUT2D eigenvalue weighted by Gasteiger charge is 2.15. The van der Waals surface area contributed by atoms with Gasteiger partial charge in [-0.05, 0) is 58.6 Å². The van der Waals surface area contributed by atoms with Gasteiger partial charge in [0, 0.05) is 12.1 Å². The van der Waals surface area contributed by atoms with Gasteiger partial charge in [0.25, 0.3) is 11.8 Å². The van der Waals surface area contributed by atoms with E-state index in [4.69, 9.17) is 4.74 Å². The van der Waals surface area contributed by atoms with Crippen LogP contribution >= 0.6 is 15.9 Å². The van der Waals surface area contributed by atoms with E-state index in [0.717, 1.165) is 6.42 Å². The van der Waals surface area contributed by atoms with Crippen molar-refractivity contribution in [1.29, 1.82) is 0 Å². The van der Waals surface area contributed by atoms with E-state index in [9.17, 15) is 9.59 Å². The lowest BCUT2D eigenvalue weighted by molar-refractivity contribution is 0.0954. The van der Waals surface area contributed by atoms with Crippen molar-refractivity contribution in [1.82, 2.24) is 5.32 Å². The van der Waals surface area contributed by atoms with Gasteiger partial charge < -0.3 is 15.4 Å². The van der Waals surface area contributed by atoms with Crippen molar-refractivity contribution in [3.8, 4) is 5.75 Å². The van der Waals surface area contributed by atoms with E-state index >= 15 is 0 Å². The highest BCUT2D eigenvalue weighted by Crippen LogP contribution is 2.27. The van der Waals surface area contributed by atoms with Gasteiger partial charge in [-0.2, -0.15) is 0 Å². The molecule has 0 saturated carbocycles. The number of hydrogen-bond acceptors (Lipinski definition) is 3. The van der Waals surface area contributed by atoms with Crippen LogP contribution in [0.4, 0.5) is 5.69 Å². The molecular formula is C21H25BrN2O3. The number of halogens is 1. The van der Waals surface area contributed by atoms with Gasteiger partial charge in [0.2, 0.25) is 0 Å². The number of benzene rings is 2. The zero-order chi connectivity index (χ0) is 19.8. The monoisotopic (exact) mass is 432 g/mol. The number of para-hydroxylation sites is 1. The van der Waals surface area contributed by atoms with Crippen LogP contribution in [0.1, 0.15) is 47.9 Å². The second kappa shape index (κ2) is 10.1. The molecule has 0 heterocycles. The summed E-state index contributed by atoms with van der Waals surface area (Å²) >= 11 is 3.45. The molecule has 0 spiro atoms. The molecule has 2 rings (SSSR count). The minimum absolute atomic E-state index is 0.202. The topological polar surface area (TPSA) is 67.4 Å². The predicted octanol–water partition coefficient (Wildman–Crippen LogP) is 4.88. The van der Waals surface area contributed by atoms with E-state index in [2.05, 4.69) is 40.4 Å². The molecule has 144 valence electrons. The lowest BCUT2D eigenvalue weighted by Gasteiger charge is -2.13. The minimum atomic E-state index is -0.290. The zero-order valence-electron chi connectivity index (χ0n) is 15.8. The maximum Gasteiger partial charge on any atom is 0.255 e. The van der Waals surface area contributed by atoms with Crippen LogP contribution in [0.2, 0.25) is 0 Å². The van der Waals surface area contributed by atoms with Crippen molar-refractivity contribution < 1.29 is 14.3 Å². The normalized spacial score (nSPS) is 10.6. The zero-order valence-corrected chi connectivity index (χ0v) is 17.4. The lowest BCUT2D eigenvalue weighted by Crippen LogP contribution is -2.25. The Labute approximate surface area is 168 Å². The number of rotatable bonds is 8. The van der Waals surface area contributed by atoms with E-state index in [1.165, 1.54) is 0 Å². The Hall–Kier alpha value is -2.34. The molecule has 0 aliphatic carbocycles. The summed E-state index contributed by atoms with van der Waals surface area (Å²) < 4.78 is 6.42. The summed E-state index contributed by atoms with van der Waals surface area (Å²) in [5, 5.41) is 5.65. The highest BCUT2D eigenvalue weighted by atomic mass is 79.9. The van der Waals surface area contributed by atoms with Gasteiger partial charge in [-0.15, -0.1) is 0 Å². The third-order valence-corrected chi connectivity index (χ3v) is 4.34. The first kappa shape index (κ1) is 21.0.